The van der Waals surface area contributed by atoms with Gasteiger partial charge < -0.3 is 14.8 Å². The van der Waals surface area contributed by atoms with Crippen molar-refractivity contribution < 1.29 is 15.0 Å². The second-order valence-corrected chi connectivity index (χ2v) is 3.37. The molecule has 0 amide bonds. The Balaban J connectivity index is 2.57. The van der Waals surface area contributed by atoms with Crippen molar-refractivity contribution in [3.63, 3.8) is 0 Å². The van der Waals surface area contributed by atoms with Crippen LogP contribution in [0.25, 0.3) is 0 Å². The van der Waals surface area contributed by atoms with Gasteiger partial charge in [-0.05, 0) is 12.8 Å². The fourth-order valence-corrected chi connectivity index (χ4v) is 1.32. The van der Waals surface area contributed by atoms with Gasteiger partial charge in [-0.25, -0.2) is 4.79 Å². The number of carboxylic acids is 1. The summed E-state index contributed by atoms with van der Waals surface area (Å²) < 4.78 is 1.58. The predicted molar refractivity (Wildman–Crippen MR) is 47.6 cm³/mol. The number of hydrogen-bond donors (Lipinski definition) is 2. The van der Waals surface area contributed by atoms with Gasteiger partial charge in [0.1, 0.15) is 5.56 Å². The third-order valence-corrected chi connectivity index (χ3v) is 2.23. The molecule has 0 atom stereocenters. The van der Waals surface area contributed by atoms with E-state index in [0.717, 1.165) is 12.8 Å². The average molecular weight is 195 g/mol. The van der Waals surface area contributed by atoms with Gasteiger partial charge in [-0.2, -0.15) is 0 Å². The Kier molecular flexibility index (Phi) is 1.80. The molecule has 0 bridgehead atoms. The van der Waals surface area contributed by atoms with Crippen LogP contribution in [0.15, 0.2) is 17.2 Å². The summed E-state index contributed by atoms with van der Waals surface area (Å²) in [5.74, 6) is -1.81. The van der Waals surface area contributed by atoms with E-state index in [-0.39, 0.29) is 11.6 Å². The predicted octanol–water partition coefficient (Wildman–Crippen LogP) is 0.587. The van der Waals surface area contributed by atoms with Crippen LogP contribution in [0, 0.1) is 0 Å². The molecule has 5 nitrogen and oxygen atoms in total. The van der Waals surface area contributed by atoms with Crippen LogP contribution in [0.5, 0.6) is 5.75 Å². The van der Waals surface area contributed by atoms with E-state index >= 15 is 0 Å². The molecule has 0 spiro atoms. The van der Waals surface area contributed by atoms with Gasteiger partial charge in [-0.3, -0.25) is 4.79 Å². The number of rotatable bonds is 2. The van der Waals surface area contributed by atoms with Crippen LogP contribution in [-0.2, 0) is 0 Å². The highest BCUT2D eigenvalue weighted by Crippen LogP contribution is 2.34. The highest BCUT2D eigenvalue weighted by molar-refractivity contribution is 5.87. The number of hydrogen-bond acceptors (Lipinski definition) is 3. The largest absolute Gasteiger partial charge is 0.503 e. The van der Waals surface area contributed by atoms with Crippen molar-refractivity contribution in [2.24, 2.45) is 0 Å². The first-order chi connectivity index (χ1) is 6.59. The lowest BCUT2D eigenvalue weighted by Gasteiger charge is -2.05. The Morgan fingerprint density at radius 2 is 2.07 bits per heavy atom. The van der Waals surface area contributed by atoms with E-state index in [0.29, 0.717) is 0 Å². The van der Waals surface area contributed by atoms with E-state index in [1.165, 1.54) is 12.4 Å². The van der Waals surface area contributed by atoms with Crippen molar-refractivity contribution in [2.75, 3.05) is 0 Å². The number of carbonyl (C=O) groups is 1. The molecule has 1 aliphatic rings. The lowest BCUT2D eigenvalue weighted by atomic mass is 10.2. The molecule has 2 N–H and O–H groups in total. The van der Waals surface area contributed by atoms with Crippen molar-refractivity contribution in [2.45, 2.75) is 18.9 Å². The number of nitrogens with zero attached hydrogens (tertiary/aromatic N) is 1. The van der Waals surface area contributed by atoms with Crippen LogP contribution >= 0.6 is 0 Å². The molecule has 0 radical (unpaired) electrons. The molecule has 1 aromatic heterocycles. The Bertz CT molecular complexity index is 445. The van der Waals surface area contributed by atoms with Crippen molar-refractivity contribution in [1.29, 1.82) is 0 Å². The smallest absolute Gasteiger partial charge is 0.341 e. The van der Waals surface area contributed by atoms with Crippen molar-refractivity contribution in [3.05, 3.63) is 28.2 Å². The Labute approximate surface area is 79.2 Å². The molecule has 5 heteroatoms. The van der Waals surface area contributed by atoms with Crippen LogP contribution < -0.4 is 5.43 Å². The van der Waals surface area contributed by atoms with Crippen molar-refractivity contribution in [1.82, 2.24) is 4.57 Å². The first-order valence-electron chi connectivity index (χ1n) is 4.27. The molecule has 2 rings (SSSR count). The van der Waals surface area contributed by atoms with E-state index in [9.17, 15) is 14.7 Å². The van der Waals surface area contributed by atoms with Gasteiger partial charge in [0.15, 0.2) is 5.75 Å². The molecule has 1 aliphatic carbocycles. The SMILES string of the molecule is O=C(O)c1cn(C2CC2)cc(O)c1=O. The zero-order valence-corrected chi connectivity index (χ0v) is 7.30. The molecule has 0 aliphatic heterocycles. The van der Waals surface area contributed by atoms with Crippen molar-refractivity contribution in [3.8, 4) is 5.75 Å². The fourth-order valence-electron chi connectivity index (χ4n) is 1.32. The third-order valence-electron chi connectivity index (χ3n) is 2.23. The molecule has 1 fully saturated rings. The minimum Gasteiger partial charge on any atom is -0.503 e. The third kappa shape index (κ3) is 1.37. The van der Waals surface area contributed by atoms with E-state index in [1.54, 1.807) is 4.57 Å². The van der Waals surface area contributed by atoms with Gasteiger partial charge in [-0.1, -0.05) is 0 Å². The molecule has 1 saturated carbocycles. The first-order valence-corrected chi connectivity index (χ1v) is 4.27. The highest BCUT2D eigenvalue weighted by Gasteiger charge is 2.25. The van der Waals surface area contributed by atoms with E-state index < -0.39 is 17.1 Å². The summed E-state index contributed by atoms with van der Waals surface area (Å²) in [6, 6.07) is 0.236. The zero-order valence-electron chi connectivity index (χ0n) is 7.30. The Morgan fingerprint density at radius 3 is 2.57 bits per heavy atom. The lowest BCUT2D eigenvalue weighted by molar-refractivity contribution is 0.0694. The minimum atomic E-state index is -1.31. The average Bonchev–Trinajstić information content (AvgIpc) is 2.91. The van der Waals surface area contributed by atoms with Gasteiger partial charge in [0.2, 0.25) is 5.43 Å². The van der Waals surface area contributed by atoms with E-state index in [4.69, 9.17) is 5.11 Å². The van der Waals surface area contributed by atoms with E-state index in [1.807, 2.05) is 0 Å². The molecular weight excluding hydrogens is 186 g/mol. The van der Waals surface area contributed by atoms with Gasteiger partial charge in [0, 0.05) is 12.2 Å². The molecule has 14 heavy (non-hydrogen) atoms. The maximum absolute atomic E-state index is 11.2. The molecule has 1 heterocycles. The van der Waals surface area contributed by atoms with Crippen molar-refractivity contribution >= 4 is 5.97 Å². The monoisotopic (exact) mass is 195 g/mol. The van der Waals surface area contributed by atoms with Gasteiger partial charge in [-0.15, -0.1) is 0 Å². The van der Waals surface area contributed by atoms with E-state index in [2.05, 4.69) is 0 Å². The summed E-state index contributed by atoms with van der Waals surface area (Å²) in [6.07, 6.45) is 4.48. The Hall–Kier alpha value is -1.78. The molecule has 0 aromatic carbocycles. The van der Waals surface area contributed by atoms with Gasteiger partial charge in [0.25, 0.3) is 0 Å². The number of aromatic hydroxyl groups is 1. The van der Waals surface area contributed by atoms with Crippen LogP contribution in [0.4, 0.5) is 0 Å². The number of carboxylic acid groups (broad SMARTS) is 1. The topological polar surface area (TPSA) is 79.5 Å². The Morgan fingerprint density at radius 1 is 1.43 bits per heavy atom. The summed E-state index contributed by atoms with van der Waals surface area (Å²) >= 11 is 0. The molecular formula is C9H9NO4. The summed E-state index contributed by atoms with van der Waals surface area (Å²) in [5.41, 5.74) is -1.20. The first kappa shape index (κ1) is 8.80. The van der Waals surface area contributed by atoms with Gasteiger partial charge in [0.05, 0.1) is 6.20 Å². The zero-order chi connectivity index (χ0) is 10.3. The number of aromatic nitrogens is 1. The number of pyridine rings is 1. The van der Waals surface area contributed by atoms with Crippen LogP contribution in [0.3, 0.4) is 0 Å². The van der Waals surface area contributed by atoms with Crippen LogP contribution in [0.1, 0.15) is 29.2 Å². The second-order valence-electron chi connectivity index (χ2n) is 3.37. The minimum absolute atomic E-state index is 0.236. The normalized spacial score (nSPS) is 15.4. The van der Waals surface area contributed by atoms with Crippen LogP contribution in [0.2, 0.25) is 0 Å². The molecule has 0 saturated heterocycles. The lowest BCUT2D eigenvalue weighted by Crippen LogP contribution is -2.17. The van der Waals surface area contributed by atoms with Gasteiger partial charge >= 0.3 is 5.97 Å². The maximum atomic E-state index is 11.2. The fraction of sp³-hybridized carbons (Fsp3) is 0.333. The molecule has 0 unspecified atom stereocenters. The van der Waals surface area contributed by atoms with Crippen LogP contribution in [-0.4, -0.2) is 20.7 Å². The summed E-state index contributed by atoms with van der Waals surface area (Å²) in [4.78, 5) is 21.8. The summed E-state index contributed by atoms with van der Waals surface area (Å²) in [5, 5.41) is 17.9. The summed E-state index contributed by atoms with van der Waals surface area (Å²) in [6.45, 7) is 0. The molecule has 74 valence electrons. The highest BCUT2D eigenvalue weighted by atomic mass is 16.4. The second kappa shape index (κ2) is 2.87. The number of aromatic carboxylic acids is 1. The maximum Gasteiger partial charge on any atom is 0.341 e. The standard InChI is InChI=1S/C9H9NO4/c11-7-4-10(5-1-2-5)3-6(8(7)12)9(13)14/h3-5,11H,1-2H2,(H,13,14). The quantitative estimate of drug-likeness (QED) is 0.723. The molecule has 1 aromatic rings. The summed E-state index contributed by atoms with van der Waals surface area (Å²) in [7, 11) is 0.